The molecule has 1 aromatic heterocycles. The minimum Gasteiger partial charge on any atom is -0.323 e. The van der Waals surface area contributed by atoms with Crippen LogP contribution in [0.2, 0.25) is 5.28 Å². The van der Waals surface area contributed by atoms with Gasteiger partial charge in [-0.05, 0) is 30.7 Å². The molecule has 2 aromatic carbocycles. The highest BCUT2D eigenvalue weighted by atomic mass is 35.5. The maximum Gasteiger partial charge on any atom is 0.295 e. The maximum atomic E-state index is 11.6. The summed E-state index contributed by atoms with van der Waals surface area (Å²) in [7, 11) is -4.38. The Bertz CT molecular complexity index is 1170. The number of ketones is 1. The molecule has 0 amide bonds. The van der Waals surface area contributed by atoms with Crippen molar-refractivity contribution in [2.24, 2.45) is 5.92 Å². The molecule has 10 heteroatoms. The number of aromatic nitrogens is 3. The smallest absolute Gasteiger partial charge is 0.295 e. The van der Waals surface area contributed by atoms with Crippen molar-refractivity contribution in [3.05, 3.63) is 47.5 Å². The number of carbonyl (C=O) groups is 1. The van der Waals surface area contributed by atoms with E-state index in [1.807, 2.05) is 0 Å². The van der Waals surface area contributed by atoms with Crippen LogP contribution in [0.3, 0.4) is 0 Å². The minimum atomic E-state index is -4.38. The number of benzene rings is 2. The van der Waals surface area contributed by atoms with Crippen molar-refractivity contribution < 1.29 is 17.8 Å². The number of hydrogen-bond donors (Lipinski definition) is 2. The number of halogens is 1. The molecule has 28 heavy (non-hydrogen) atoms. The fourth-order valence-electron chi connectivity index (χ4n) is 2.68. The number of nitrogens with one attached hydrogen (secondary N) is 1. The van der Waals surface area contributed by atoms with Gasteiger partial charge in [-0.2, -0.15) is 18.4 Å². The molecule has 0 spiro atoms. The van der Waals surface area contributed by atoms with Crippen molar-refractivity contribution in [1.29, 1.82) is 0 Å². The summed E-state index contributed by atoms with van der Waals surface area (Å²) in [5.74, 6) is 0.276. The lowest BCUT2D eigenvalue weighted by Crippen LogP contribution is -2.13. The maximum absolute atomic E-state index is 11.6. The molecule has 0 aliphatic carbocycles. The lowest BCUT2D eigenvalue weighted by atomic mass is 10.0. The van der Waals surface area contributed by atoms with Gasteiger partial charge >= 0.3 is 0 Å². The predicted octanol–water partition coefficient (Wildman–Crippen LogP) is 3.44. The highest BCUT2D eigenvalue weighted by molar-refractivity contribution is 7.86. The van der Waals surface area contributed by atoms with E-state index < -0.39 is 10.1 Å². The third-order valence-electron chi connectivity index (χ3n) is 4.25. The first-order chi connectivity index (χ1) is 13.1. The Morgan fingerprint density at radius 2 is 1.82 bits per heavy atom. The largest absolute Gasteiger partial charge is 0.323 e. The van der Waals surface area contributed by atoms with Crippen molar-refractivity contribution in [2.45, 2.75) is 25.2 Å². The SMILES string of the molecule is CC(=O)C(C)Cc1nc(Cl)nc(Nc2ccc(S(=O)(=O)O)c3ccccc23)n1. The molecule has 2 N–H and O–H groups in total. The van der Waals surface area contributed by atoms with Crippen molar-refractivity contribution >= 4 is 49.9 Å². The monoisotopic (exact) mass is 420 g/mol. The first-order valence-electron chi connectivity index (χ1n) is 8.32. The van der Waals surface area contributed by atoms with Crippen LogP contribution in [-0.4, -0.2) is 33.7 Å². The van der Waals surface area contributed by atoms with Crippen LogP contribution in [0.15, 0.2) is 41.3 Å². The average molecular weight is 421 g/mol. The van der Waals surface area contributed by atoms with Gasteiger partial charge in [-0.1, -0.05) is 31.2 Å². The molecular formula is C18H17ClN4O4S. The highest BCUT2D eigenvalue weighted by Gasteiger charge is 2.17. The van der Waals surface area contributed by atoms with Gasteiger partial charge in [0.15, 0.2) is 0 Å². The zero-order valence-corrected chi connectivity index (χ0v) is 16.6. The van der Waals surface area contributed by atoms with Gasteiger partial charge in [0.2, 0.25) is 11.2 Å². The van der Waals surface area contributed by atoms with Gasteiger partial charge in [-0.3, -0.25) is 9.35 Å². The zero-order valence-electron chi connectivity index (χ0n) is 15.0. The standard InChI is InChI=1S/C18H17ClN4O4S/c1-10(11(2)24)9-16-21-17(19)23-18(22-16)20-14-7-8-15(28(25,26)27)13-6-4-3-5-12(13)14/h3-8,10H,9H2,1-2H3,(H,25,26,27)(H,20,21,22,23). The van der Waals surface area contributed by atoms with E-state index in [-0.39, 0.29) is 27.8 Å². The predicted molar refractivity (Wildman–Crippen MR) is 105 cm³/mol. The molecule has 0 saturated heterocycles. The summed E-state index contributed by atoms with van der Waals surface area (Å²) in [6.07, 6.45) is 0.314. The molecule has 0 aliphatic rings. The molecule has 146 valence electrons. The number of fused-ring (bicyclic) bond motifs is 1. The quantitative estimate of drug-likeness (QED) is 0.581. The number of rotatable bonds is 6. The number of carbonyl (C=O) groups excluding carboxylic acids is 1. The fourth-order valence-corrected chi connectivity index (χ4v) is 3.56. The van der Waals surface area contributed by atoms with Crippen LogP contribution >= 0.6 is 11.6 Å². The summed E-state index contributed by atoms with van der Waals surface area (Å²) < 4.78 is 32.7. The molecule has 3 rings (SSSR count). The molecule has 0 radical (unpaired) electrons. The van der Waals surface area contributed by atoms with Gasteiger partial charge in [-0.25, -0.2) is 4.98 Å². The zero-order chi connectivity index (χ0) is 20.5. The number of Topliss-reactive ketones (excluding diaryl/α,β-unsaturated/α-hetero) is 1. The Hall–Kier alpha value is -2.62. The van der Waals surface area contributed by atoms with Crippen molar-refractivity contribution in [3.63, 3.8) is 0 Å². The Morgan fingerprint density at radius 3 is 2.46 bits per heavy atom. The third kappa shape index (κ3) is 4.44. The molecule has 0 aliphatic heterocycles. The lowest BCUT2D eigenvalue weighted by Gasteiger charge is -2.12. The minimum absolute atomic E-state index is 0.0119. The molecule has 1 atom stereocenters. The van der Waals surface area contributed by atoms with Crippen LogP contribution < -0.4 is 5.32 Å². The van der Waals surface area contributed by atoms with Crippen molar-refractivity contribution in [2.75, 3.05) is 5.32 Å². The molecule has 0 fully saturated rings. The van der Waals surface area contributed by atoms with E-state index in [4.69, 9.17) is 11.6 Å². The summed E-state index contributed by atoms with van der Waals surface area (Å²) >= 11 is 5.98. The average Bonchev–Trinajstić information content (AvgIpc) is 2.60. The Kier molecular flexibility index (Phi) is 5.59. The van der Waals surface area contributed by atoms with E-state index in [0.29, 0.717) is 28.7 Å². The lowest BCUT2D eigenvalue weighted by molar-refractivity contribution is -0.120. The van der Waals surface area contributed by atoms with Gasteiger partial charge in [0.25, 0.3) is 10.1 Å². The van der Waals surface area contributed by atoms with Crippen LogP contribution in [0.1, 0.15) is 19.7 Å². The molecule has 3 aromatic rings. The van der Waals surface area contributed by atoms with Crippen LogP contribution in [0, 0.1) is 5.92 Å². The fraction of sp³-hybridized carbons (Fsp3) is 0.222. The van der Waals surface area contributed by atoms with Gasteiger partial charge in [0.05, 0.1) is 0 Å². The van der Waals surface area contributed by atoms with E-state index in [0.717, 1.165) is 0 Å². The van der Waals surface area contributed by atoms with Crippen LogP contribution in [0.25, 0.3) is 10.8 Å². The molecule has 1 heterocycles. The summed E-state index contributed by atoms with van der Waals surface area (Å²) in [6.45, 7) is 3.27. The van der Waals surface area contributed by atoms with Gasteiger partial charge in [0.1, 0.15) is 16.5 Å². The highest BCUT2D eigenvalue weighted by Crippen LogP contribution is 2.30. The van der Waals surface area contributed by atoms with E-state index in [2.05, 4.69) is 20.3 Å². The normalized spacial score (nSPS) is 12.7. The van der Waals surface area contributed by atoms with E-state index >= 15 is 0 Å². The summed E-state index contributed by atoms with van der Waals surface area (Å²) in [4.78, 5) is 23.7. The van der Waals surface area contributed by atoms with Crippen molar-refractivity contribution in [1.82, 2.24) is 15.0 Å². The number of hydrogen-bond acceptors (Lipinski definition) is 7. The molecule has 0 saturated carbocycles. The molecule has 8 nitrogen and oxygen atoms in total. The van der Waals surface area contributed by atoms with Crippen molar-refractivity contribution in [3.8, 4) is 0 Å². The first kappa shape index (κ1) is 20.1. The summed E-state index contributed by atoms with van der Waals surface area (Å²) in [5, 5.41) is 3.87. The third-order valence-corrected chi connectivity index (χ3v) is 5.33. The van der Waals surface area contributed by atoms with Gasteiger partial charge in [-0.15, -0.1) is 0 Å². The molecular weight excluding hydrogens is 404 g/mol. The molecule has 1 unspecified atom stereocenters. The topological polar surface area (TPSA) is 122 Å². The first-order valence-corrected chi connectivity index (χ1v) is 10.1. The second kappa shape index (κ2) is 7.78. The molecule has 0 bridgehead atoms. The van der Waals surface area contributed by atoms with Crippen LogP contribution in [0.4, 0.5) is 11.6 Å². The van der Waals surface area contributed by atoms with Crippen LogP contribution in [0.5, 0.6) is 0 Å². The van der Waals surface area contributed by atoms with Gasteiger partial charge < -0.3 is 5.32 Å². The summed E-state index contributed by atoms with van der Waals surface area (Å²) in [5.41, 5.74) is 0.524. The second-order valence-electron chi connectivity index (χ2n) is 6.32. The Labute approximate surface area is 166 Å². The number of nitrogens with zero attached hydrogens (tertiary/aromatic N) is 3. The Balaban J connectivity index is 2.02. The Morgan fingerprint density at radius 1 is 1.14 bits per heavy atom. The van der Waals surface area contributed by atoms with E-state index in [1.54, 1.807) is 31.2 Å². The second-order valence-corrected chi connectivity index (χ2v) is 8.05. The van der Waals surface area contributed by atoms with E-state index in [9.17, 15) is 17.8 Å². The summed E-state index contributed by atoms with van der Waals surface area (Å²) in [6, 6.07) is 9.49. The van der Waals surface area contributed by atoms with Gasteiger partial charge in [0, 0.05) is 28.8 Å². The number of anilines is 2. The van der Waals surface area contributed by atoms with E-state index in [1.165, 1.54) is 19.1 Å². The van der Waals surface area contributed by atoms with Crippen LogP contribution in [-0.2, 0) is 21.3 Å².